The number of thiazole rings is 1. The van der Waals surface area contributed by atoms with E-state index in [1.807, 2.05) is 52.5 Å². The van der Waals surface area contributed by atoms with Gasteiger partial charge in [-0.25, -0.2) is 4.98 Å². The van der Waals surface area contributed by atoms with Gasteiger partial charge in [0.1, 0.15) is 0 Å². The molecule has 3 nitrogen and oxygen atoms in total. The predicted octanol–water partition coefficient (Wildman–Crippen LogP) is 3.36. The van der Waals surface area contributed by atoms with Gasteiger partial charge in [0.15, 0.2) is 4.96 Å². The lowest BCUT2D eigenvalue weighted by Crippen LogP contribution is -2.00. The van der Waals surface area contributed by atoms with Crippen LogP contribution in [0.25, 0.3) is 4.96 Å². The van der Waals surface area contributed by atoms with E-state index >= 15 is 0 Å². The van der Waals surface area contributed by atoms with Crippen LogP contribution in [0.15, 0.2) is 48.1 Å². The Hall–Kier alpha value is -1.30. The third-order valence-electron chi connectivity index (χ3n) is 2.85. The molecule has 19 heavy (non-hydrogen) atoms. The van der Waals surface area contributed by atoms with E-state index in [1.165, 1.54) is 0 Å². The molecule has 0 spiro atoms. The van der Waals surface area contributed by atoms with Crippen molar-refractivity contribution in [3.05, 3.63) is 59.4 Å². The summed E-state index contributed by atoms with van der Waals surface area (Å²) < 4.78 is 2.04. The van der Waals surface area contributed by atoms with Gasteiger partial charge >= 0.3 is 0 Å². The van der Waals surface area contributed by atoms with Crippen LogP contribution in [0.5, 0.6) is 0 Å². The predicted molar refractivity (Wildman–Crippen MR) is 80.6 cm³/mol. The molecule has 0 amide bonds. The normalized spacial score (nSPS) is 12.9. The van der Waals surface area contributed by atoms with Gasteiger partial charge in [0, 0.05) is 29.3 Å². The number of benzene rings is 1. The topological polar surface area (TPSA) is 37.5 Å². The molecule has 0 aliphatic carbocycles. The maximum Gasteiger partial charge on any atom is 0.193 e. The van der Waals surface area contributed by atoms with Crippen molar-refractivity contribution in [2.24, 2.45) is 0 Å². The van der Waals surface area contributed by atoms with Crippen LogP contribution in [0.1, 0.15) is 17.4 Å². The number of hydrogen-bond donors (Lipinski definition) is 1. The second kappa shape index (κ2) is 5.77. The molecule has 98 valence electrons. The minimum absolute atomic E-state index is 0.407. The lowest BCUT2D eigenvalue weighted by atomic mass is 10.1. The monoisotopic (exact) mass is 290 g/mol. The summed E-state index contributed by atoms with van der Waals surface area (Å²) in [7, 11) is 0. The van der Waals surface area contributed by atoms with Crippen molar-refractivity contribution in [3.63, 3.8) is 0 Å². The average molecular weight is 290 g/mol. The Labute approximate surface area is 119 Å². The molecule has 1 aromatic carbocycles. The first kappa shape index (κ1) is 12.7. The molecule has 3 aromatic rings. The van der Waals surface area contributed by atoms with Crippen LogP contribution >= 0.6 is 23.1 Å². The molecule has 2 heterocycles. The maximum absolute atomic E-state index is 10.1. The van der Waals surface area contributed by atoms with Crippen LogP contribution in [-0.4, -0.2) is 20.2 Å². The Balaban J connectivity index is 1.54. The largest absolute Gasteiger partial charge is 0.388 e. The lowest BCUT2D eigenvalue weighted by Gasteiger charge is -2.09. The zero-order valence-electron chi connectivity index (χ0n) is 10.3. The van der Waals surface area contributed by atoms with Gasteiger partial charge in [0.2, 0.25) is 0 Å². The van der Waals surface area contributed by atoms with Crippen LogP contribution in [0.4, 0.5) is 0 Å². The Morgan fingerprint density at radius 3 is 2.95 bits per heavy atom. The van der Waals surface area contributed by atoms with Crippen LogP contribution in [0, 0.1) is 0 Å². The second-order valence-corrected chi connectivity index (χ2v) is 6.17. The van der Waals surface area contributed by atoms with Crippen molar-refractivity contribution < 1.29 is 5.11 Å². The molecule has 1 N–H and O–H groups in total. The minimum Gasteiger partial charge on any atom is -0.388 e. The van der Waals surface area contributed by atoms with Crippen molar-refractivity contribution in [2.45, 2.75) is 11.9 Å². The SMILES string of the molecule is O[C@@H](CSCc1cn2ccsc2n1)c1ccccc1. The van der Waals surface area contributed by atoms with Crippen molar-refractivity contribution in [2.75, 3.05) is 5.75 Å². The van der Waals surface area contributed by atoms with Crippen LogP contribution in [-0.2, 0) is 5.75 Å². The molecule has 0 aliphatic rings. The van der Waals surface area contributed by atoms with E-state index in [0.29, 0.717) is 5.75 Å². The summed E-state index contributed by atoms with van der Waals surface area (Å²) in [5, 5.41) is 12.1. The van der Waals surface area contributed by atoms with Gasteiger partial charge in [-0.15, -0.1) is 11.3 Å². The van der Waals surface area contributed by atoms with Gasteiger partial charge in [-0.3, -0.25) is 4.40 Å². The summed E-state index contributed by atoms with van der Waals surface area (Å²) >= 11 is 3.34. The standard InChI is InChI=1S/C14H14N2OS2/c17-13(11-4-2-1-3-5-11)10-18-9-12-8-16-6-7-19-14(16)15-12/h1-8,13,17H,9-10H2/t13-/m0/s1. The number of imidazole rings is 1. The van der Waals surface area contributed by atoms with E-state index in [-0.39, 0.29) is 0 Å². The summed E-state index contributed by atoms with van der Waals surface area (Å²) in [5.41, 5.74) is 2.04. The summed E-state index contributed by atoms with van der Waals surface area (Å²) in [6.07, 6.45) is 3.66. The smallest absolute Gasteiger partial charge is 0.193 e. The van der Waals surface area contributed by atoms with Crippen molar-refractivity contribution in [1.82, 2.24) is 9.38 Å². The summed E-state index contributed by atoms with van der Waals surface area (Å²) in [6, 6.07) is 9.77. The number of aromatic nitrogens is 2. The fourth-order valence-corrected chi connectivity index (χ4v) is 3.49. The third-order valence-corrected chi connectivity index (χ3v) is 4.68. The van der Waals surface area contributed by atoms with Crippen molar-refractivity contribution in [3.8, 4) is 0 Å². The molecule has 2 aromatic heterocycles. The highest BCUT2D eigenvalue weighted by Gasteiger charge is 2.08. The van der Waals surface area contributed by atoms with E-state index in [2.05, 4.69) is 4.98 Å². The number of rotatable bonds is 5. The number of aliphatic hydroxyl groups is 1. The van der Waals surface area contributed by atoms with Gasteiger partial charge in [-0.2, -0.15) is 11.8 Å². The Kier molecular flexibility index (Phi) is 3.87. The van der Waals surface area contributed by atoms with Gasteiger partial charge in [0.25, 0.3) is 0 Å². The summed E-state index contributed by atoms with van der Waals surface area (Å²) in [6.45, 7) is 0. The first-order valence-electron chi connectivity index (χ1n) is 6.05. The van der Waals surface area contributed by atoms with E-state index in [4.69, 9.17) is 0 Å². The summed E-state index contributed by atoms with van der Waals surface area (Å²) in [5.74, 6) is 1.52. The zero-order valence-corrected chi connectivity index (χ0v) is 11.9. The molecule has 3 rings (SSSR count). The highest BCUT2D eigenvalue weighted by atomic mass is 32.2. The highest BCUT2D eigenvalue weighted by Crippen LogP contribution is 2.21. The van der Waals surface area contributed by atoms with Crippen LogP contribution < -0.4 is 0 Å². The van der Waals surface area contributed by atoms with Gasteiger partial charge in [-0.1, -0.05) is 30.3 Å². The van der Waals surface area contributed by atoms with Gasteiger partial charge in [-0.05, 0) is 5.56 Å². The first-order valence-corrected chi connectivity index (χ1v) is 8.08. The Bertz CT molecular complexity index is 619. The fourth-order valence-electron chi connectivity index (χ4n) is 1.89. The number of hydrogen-bond acceptors (Lipinski definition) is 4. The third kappa shape index (κ3) is 3.00. The van der Waals surface area contributed by atoms with Crippen molar-refractivity contribution in [1.29, 1.82) is 0 Å². The molecule has 0 unspecified atom stereocenters. The van der Waals surface area contributed by atoms with Gasteiger partial charge < -0.3 is 5.11 Å². The quantitative estimate of drug-likeness (QED) is 0.783. The molecule has 0 radical (unpaired) electrons. The van der Waals surface area contributed by atoms with Crippen LogP contribution in [0.3, 0.4) is 0 Å². The van der Waals surface area contributed by atoms with E-state index in [1.54, 1.807) is 23.1 Å². The first-order chi connectivity index (χ1) is 9.33. The highest BCUT2D eigenvalue weighted by molar-refractivity contribution is 7.98. The number of fused-ring (bicyclic) bond motifs is 1. The zero-order chi connectivity index (χ0) is 13.1. The van der Waals surface area contributed by atoms with Crippen LogP contribution in [0.2, 0.25) is 0 Å². The summed E-state index contributed by atoms with van der Waals surface area (Å²) in [4.78, 5) is 5.55. The van der Waals surface area contributed by atoms with Gasteiger partial charge in [0.05, 0.1) is 11.8 Å². The van der Waals surface area contributed by atoms with Crippen molar-refractivity contribution >= 4 is 28.1 Å². The minimum atomic E-state index is -0.407. The molecule has 5 heteroatoms. The Morgan fingerprint density at radius 2 is 2.16 bits per heavy atom. The number of nitrogens with zero attached hydrogens (tertiary/aromatic N) is 2. The molecular formula is C14H14N2OS2. The maximum atomic E-state index is 10.1. The lowest BCUT2D eigenvalue weighted by molar-refractivity contribution is 0.204. The fraction of sp³-hybridized carbons (Fsp3) is 0.214. The number of aliphatic hydroxyl groups excluding tert-OH is 1. The number of thioether (sulfide) groups is 1. The molecule has 0 saturated carbocycles. The second-order valence-electron chi connectivity index (χ2n) is 4.27. The molecule has 0 fully saturated rings. The molecule has 0 aliphatic heterocycles. The van der Waals surface area contributed by atoms with E-state index in [0.717, 1.165) is 22.0 Å². The molecular weight excluding hydrogens is 276 g/mol. The van der Waals surface area contributed by atoms with E-state index < -0.39 is 6.10 Å². The molecule has 0 saturated heterocycles. The molecule has 1 atom stereocenters. The molecule has 0 bridgehead atoms. The Morgan fingerprint density at radius 1 is 1.32 bits per heavy atom. The van der Waals surface area contributed by atoms with E-state index in [9.17, 15) is 5.11 Å². The average Bonchev–Trinajstić information content (AvgIpc) is 3.00.